The fourth-order valence-corrected chi connectivity index (χ4v) is 6.77. The topological polar surface area (TPSA) is 88.8 Å². The van der Waals surface area contributed by atoms with Crippen molar-refractivity contribution in [3.63, 3.8) is 0 Å². The highest BCUT2D eigenvalue weighted by Gasteiger charge is 2.61. The number of ether oxygens (including phenoxy) is 1. The van der Waals surface area contributed by atoms with Crippen LogP contribution >= 0.6 is 28.6 Å². The Kier molecular flexibility index (Phi) is 5.87. The van der Waals surface area contributed by atoms with Crippen molar-refractivity contribution < 1.29 is 4.74 Å². The summed E-state index contributed by atoms with van der Waals surface area (Å²) in [4.78, 5) is 10.3. The van der Waals surface area contributed by atoms with Gasteiger partial charge in [0.25, 0.3) is 0 Å². The number of amidine groups is 1. The average molecular weight is 524 g/mol. The minimum absolute atomic E-state index is 0.202. The smallest absolute Gasteiger partial charge is 0.181 e. The highest BCUT2D eigenvalue weighted by atomic mass is 79.9. The molecule has 5 rings (SSSR count). The molecular formula is C25H26BrN5OS. The van der Waals surface area contributed by atoms with E-state index in [0.717, 1.165) is 52.5 Å². The van der Waals surface area contributed by atoms with Crippen LogP contribution in [0.3, 0.4) is 0 Å². The summed E-state index contributed by atoms with van der Waals surface area (Å²) in [5.41, 5.74) is 1.27. The Morgan fingerprint density at radius 2 is 2.00 bits per heavy atom. The Hall–Kier alpha value is -2.50. The van der Waals surface area contributed by atoms with Crippen molar-refractivity contribution in [3.8, 4) is 11.8 Å². The molecule has 3 unspecified atom stereocenters. The maximum absolute atomic E-state index is 10.8. The highest BCUT2D eigenvalue weighted by molar-refractivity contribution is 9.10. The minimum Gasteiger partial charge on any atom is -0.497 e. The SMILES string of the molecule is COc1ccc(C2C(S)N(C3CCCCC3)C(=N)C2(C#N)c2nc3ccccc3[nH]2)c(Br)c1. The zero-order valence-electron chi connectivity index (χ0n) is 18.4. The number of hydrogen-bond donors (Lipinski definition) is 3. The Balaban J connectivity index is 1.72. The number of aromatic nitrogens is 2. The third-order valence-corrected chi connectivity index (χ3v) is 8.37. The van der Waals surface area contributed by atoms with E-state index in [4.69, 9.17) is 22.3 Å². The number of halogens is 1. The number of H-pyrrole nitrogens is 1. The number of para-hydroxylation sites is 2. The molecule has 2 N–H and O–H groups in total. The van der Waals surface area contributed by atoms with Crippen LogP contribution < -0.4 is 4.74 Å². The summed E-state index contributed by atoms with van der Waals surface area (Å²) in [6.45, 7) is 0. The molecule has 3 aromatic rings. The predicted octanol–water partition coefficient (Wildman–Crippen LogP) is 5.76. The molecule has 0 bridgehead atoms. The number of likely N-dealkylation sites (tertiary alicyclic amines) is 1. The molecule has 0 radical (unpaired) electrons. The molecule has 2 aromatic carbocycles. The van der Waals surface area contributed by atoms with Gasteiger partial charge in [0.15, 0.2) is 5.41 Å². The molecule has 1 saturated carbocycles. The molecule has 3 atom stereocenters. The molecule has 33 heavy (non-hydrogen) atoms. The third-order valence-electron chi connectivity index (χ3n) is 7.13. The fourth-order valence-electron chi connectivity index (χ4n) is 5.48. The van der Waals surface area contributed by atoms with Crippen LogP contribution in [0.15, 0.2) is 46.9 Å². The Bertz CT molecular complexity index is 1210. The van der Waals surface area contributed by atoms with Crippen molar-refractivity contribution in [2.24, 2.45) is 0 Å². The van der Waals surface area contributed by atoms with Crippen molar-refractivity contribution in [1.29, 1.82) is 10.7 Å². The lowest BCUT2D eigenvalue weighted by Gasteiger charge is -2.36. The first-order valence-corrected chi connectivity index (χ1v) is 12.6. The largest absolute Gasteiger partial charge is 0.497 e. The molecule has 8 heteroatoms. The molecular weight excluding hydrogens is 498 g/mol. The first-order valence-electron chi connectivity index (χ1n) is 11.3. The number of aromatic amines is 1. The summed E-state index contributed by atoms with van der Waals surface area (Å²) in [5.74, 6) is 1.11. The van der Waals surface area contributed by atoms with Gasteiger partial charge in [-0.05, 0) is 42.7 Å². The maximum Gasteiger partial charge on any atom is 0.181 e. The van der Waals surface area contributed by atoms with Crippen molar-refractivity contribution in [1.82, 2.24) is 14.9 Å². The lowest BCUT2D eigenvalue weighted by atomic mass is 9.74. The van der Waals surface area contributed by atoms with Crippen molar-refractivity contribution in [2.75, 3.05) is 7.11 Å². The van der Waals surface area contributed by atoms with Crippen LogP contribution in [0.2, 0.25) is 0 Å². The van der Waals surface area contributed by atoms with E-state index in [1.54, 1.807) is 7.11 Å². The average Bonchev–Trinajstić information content (AvgIpc) is 3.36. The zero-order valence-corrected chi connectivity index (χ0v) is 20.9. The second-order valence-electron chi connectivity index (χ2n) is 8.85. The van der Waals surface area contributed by atoms with E-state index in [-0.39, 0.29) is 17.3 Å². The van der Waals surface area contributed by atoms with Crippen LogP contribution in [0.4, 0.5) is 0 Å². The first kappa shape index (κ1) is 22.3. The molecule has 2 heterocycles. The number of rotatable bonds is 4. The summed E-state index contributed by atoms with van der Waals surface area (Å²) >= 11 is 8.79. The Labute approximate surface area is 207 Å². The quantitative estimate of drug-likeness (QED) is 0.379. The van der Waals surface area contributed by atoms with Gasteiger partial charge in [-0.15, -0.1) is 0 Å². The molecule has 170 valence electrons. The molecule has 1 aromatic heterocycles. The van der Waals surface area contributed by atoms with Gasteiger partial charge in [-0.25, -0.2) is 4.98 Å². The monoisotopic (exact) mass is 523 g/mol. The fraction of sp³-hybridized carbons (Fsp3) is 0.400. The van der Waals surface area contributed by atoms with Crippen molar-refractivity contribution >= 4 is 45.4 Å². The second kappa shape index (κ2) is 8.69. The molecule has 0 amide bonds. The number of hydrogen-bond acceptors (Lipinski definition) is 5. The predicted molar refractivity (Wildman–Crippen MR) is 136 cm³/mol. The number of imidazole rings is 1. The van der Waals surface area contributed by atoms with Crippen molar-refractivity contribution in [2.45, 2.75) is 54.9 Å². The minimum atomic E-state index is -1.29. The van der Waals surface area contributed by atoms with Crippen LogP contribution in [0.5, 0.6) is 5.75 Å². The Morgan fingerprint density at radius 1 is 1.24 bits per heavy atom. The summed E-state index contributed by atoms with van der Waals surface area (Å²) < 4.78 is 6.23. The summed E-state index contributed by atoms with van der Waals surface area (Å²) in [7, 11) is 1.63. The lowest BCUT2D eigenvalue weighted by Crippen LogP contribution is -2.44. The molecule has 2 aliphatic rings. The molecule has 2 fully saturated rings. The van der Waals surface area contributed by atoms with Gasteiger partial charge in [0.05, 0.1) is 29.6 Å². The number of fused-ring (bicyclic) bond motifs is 1. The van der Waals surface area contributed by atoms with E-state index in [1.165, 1.54) is 6.42 Å². The van der Waals surface area contributed by atoms with Crippen LogP contribution in [0.1, 0.15) is 49.4 Å². The van der Waals surface area contributed by atoms with E-state index in [2.05, 4.69) is 31.9 Å². The third kappa shape index (κ3) is 3.44. The molecule has 1 aliphatic heterocycles. The van der Waals surface area contributed by atoms with Crippen LogP contribution in [-0.2, 0) is 5.41 Å². The number of nitrogens with zero attached hydrogens (tertiary/aromatic N) is 3. The van der Waals surface area contributed by atoms with Crippen molar-refractivity contribution in [3.05, 3.63) is 58.3 Å². The number of nitriles is 1. The second-order valence-corrected chi connectivity index (χ2v) is 10.2. The van der Waals surface area contributed by atoms with E-state index in [0.29, 0.717) is 5.82 Å². The van der Waals surface area contributed by atoms with Gasteiger partial charge in [-0.2, -0.15) is 17.9 Å². The normalized spacial score (nSPS) is 26.0. The first-order chi connectivity index (χ1) is 16.0. The van der Waals surface area contributed by atoms with Crippen LogP contribution in [0.25, 0.3) is 11.0 Å². The standard InChI is InChI=1S/C25H26BrN5OS/c1-32-16-11-12-17(18(26)13-16)21-22(33)31(15-7-3-2-4-8-15)23(28)25(21,14-27)24-29-19-9-5-6-10-20(19)30-24/h5-6,9-13,15,21-22,28,33H,2-4,7-8H2,1H3,(H,29,30). The molecule has 0 spiro atoms. The molecule has 1 aliphatic carbocycles. The summed E-state index contributed by atoms with van der Waals surface area (Å²) in [6.07, 6.45) is 5.51. The van der Waals surface area contributed by atoms with Crippen LogP contribution in [-0.4, -0.2) is 39.2 Å². The van der Waals surface area contributed by atoms with Gasteiger partial charge in [0, 0.05) is 16.4 Å². The van der Waals surface area contributed by atoms with Gasteiger partial charge < -0.3 is 14.6 Å². The number of benzene rings is 2. The van der Waals surface area contributed by atoms with E-state index in [1.807, 2.05) is 42.5 Å². The van der Waals surface area contributed by atoms with Gasteiger partial charge in [-0.1, -0.05) is 53.4 Å². The van der Waals surface area contributed by atoms with E-state index < -0.39 is 11.3 Å². The summed E-state index contributed by atoms with van der Waals surface area (Å²) in [6, 6.07) is 16.3. The Morgan fingerprint density at radius 3 is 2.67 bits per heavy atom. The number of methoxy groups -OCH3 is 1. The number of thiol groups is 1. The van der Waals surface area contributed by atoms with Gasteiger partial charge >= 0.3 is 0 Å². The maximum atomic E-state index is 10.8. The van der Waals surface area contributed by atoms with Gasteiger partial charge in [-0.3, -0.25) is 5.41 Å². The number of nitrogens with one attached hydrogen (secondary N) is 2. The van der Waals surface area contributed by atoms with E-state index >= 15 is 0 Å². The lowest BCUT2D eigenvalue weighted by molar-refractivity contribution is 0.238. The summed E-state index contributed by atoms with van der Waals surface area (Å²) in [5, 5.41) is 19.8. The molecule has 6 nitrogen and oxygen atoms in total. The molecule has 1 saturated heterocycles. The van der Waals surface area contributed by atoms with Crippen LogP contribution in [0, 0.1) is 16.7 Å². The van der Waals surface area contributed by atoms with Gasteiger partial charge in [0.1, 0.15) is 17.4 Å². The van der Waals surface area contributed by atoms with E-state index in [9.17, 15) is 10.7 Å². The highest BCUT2D eigenvalue weighted by Crippen LogP contribution is 2.53. The van der Waals surface area contributed by atoms with Gasteiger partial charge in [0.2, 0.25) is 0 Å². The zero-order chi connectivity index (χ0) is 23.2.